The third-order valence-corrected chi connectivity index (χ3v) is 5.32. The zero-order valence-corrected chi connectivity index (χ0v) is 16.5. The molecule has 1 aliphatic rings. The summed E-state index contributed by atoms with van der Waals surface area (Å²) in [5.41, 5.74) is 6.50. The smallest absolute Gasteiger partial charge is 0.264 e. The quantitative estimate of drug-likeness (QED) is 0.781. The lowest BCUT2D eigenvalue weighted by Gasteiger charge is -2.34. The maximum absolute atomic E-state index is 12.8. The summed E-state index contributed by atoms with van der Waals surface area (Å²) in [6.45, 7) is 1.91. The van der Waals surface area contributed by atoms with Gasteiger partial charge in [-0.15, -0.1) is 23.7 Å². The fraction of sp³-hybridized carbons (Fsp3) is 0.294. The third-order valence-electron chi connectivity index (χ3n) is 4.14. The van der Waals surface area contributed by atoms with Gasteiger partial charge in [0.2, 0.25) is 0 Å². The molecular formula is C17H19Cl2N3O3S. The summed E-state index contributed by atoms with van der Waals surface area (Å²) >= 11 is 7.47. The first-order valence-corrected chi connectivity index (χ1v) is 9.02. The minimum absolute atomic E-state index is 0. The van der Waals surface area contributed by atoms with Gasteiger partial charge in [-0.1, -0.05) is 17.7 Å². The van der Waals surface area contributed by atoms with Gasteiger partial charge in [-0.25, -0.2) is 0 Å². The van der Waals surface area contributed by atoms with Crippen molar-refractivity contribution in [2.45, 2.75) is 0 Å². The minimum atomic E-state index is -0.179. The van der Waals surface area contributed by atoms with Crippen molar-refractivity contribution < 1.29 is 14.3 Å². The molecule has 0 aliphatic carbocycles. The number of amides is 2. The number of hydrogen-bond acceptors (Lipinski definition) is 5. The Labute approximate surface area is 166 Å². The molecular weight excluding hydrogens is 397 g/mol. The number of anilines is 1. The highest BCUT2D eigenvalue weighted by Crippen LogP contribution is 2.30. The molecule has 2 N–H and O–H groups in total. The Kier molecular flexibility index (Phi) is 6.75. The molecule has 0 atom stereocenters. The van der Waals surface area contributed by atoms with E-state index in [4.69, 9.17) is 22.1 Å². The van der Waals surface area contributed by atoms with Crippen LogP contribution in [-0.2, 0) is 0 Å². The first kappa shape index (κ1) is 20.4. The molecule has 1 saturated heterocycles. The van der Waals surface area contributed by atoms with Crippen LogP contribution in [0.3, 0.4) is 0 Å². The van der Waals surface area contributed by atoms with Crippen LogP contribution in [0.15, 0.2) is 29.6 Å². The summed E-state index contributed by atoms with van der Waals surface area (Å²) in [5, 5.41) is 2.19. The van der Waals surface area contributed by atoms with E-state index in [1.54, 1.807) is 15.9 Å². The zero-order valence-electron chi connectivity index (χ0n) is 14.1. The van der Waals surface area contributed by atoms with Gasteiger partial charge in [-0.05, 0) is 17.5 Å². The van der Waals surface area contributed by atoms with Gasteiger partial charge in [0.05, 0.1) is 28.3 Å². The van der Waals surface area contributed by atoms with Crippen molar-refractivity contribution in [3.8, 4) is 5.75 Å². The zero-order chi connectivity index (χ0) is 18.0. The predicted molar refractivity (Wildman–Crippen MR) is 106 cm³/mol. The Bertz CT molecular complexity index is 791. The molecule has 1 aromatic carbocycles. The molecule has 2 aromatic rings. The lowest BCUT2D eigenvalue weighted by Crippen LogP contribution is -2.50. The number of nitrogens with two attached hydrogens (primary N) is 1. The maximum atomic E-state index is 12.8. The Hall–Kier alpha value is -1.96. The van der Waals surface area contributed by atoms with Gasteiger partial charge in [-0.2, -0.15) is 0 Å². The number of halogens is 2. The molecule has 2 amide bonds. The summed E-state index contributed by atoms with van der Waals surface area (Å²) in [7, 11) is 1.48. The average molecular weight is 416 g/mol. The van der Waals surface area contributed by atoms with Crippen molar-refractivity contribution in [3.05, 3.63) is 45.1 Å². The molecule has 6 nitrogen and oxygen atoms in total. The van der Waals surface area contributed by atoms with Crippen molar-refractivity contribution >= 4 is 52.8 Å². The summed E-state index contributed by atoms with van der Waals surface area (Å²) in [6.07, 6.45) is 0. The first-order chi connectivity index (χ1) is 12.0. The predicted octanol–water partition coefficient (Wildman–Crippen LogP) is 3.01. The number of piperazine rings is 1. The molecule has 1 aromatic heterocycles. The van der Waals surface area contributed by atoms with Crippen LogP contribution in [0, 0.1) is 0 Å². The first-order valence-electron chi connectivity index (χ1n) is 7.76. The maximum Gasteiger partial charge on any atom is 0.264 e. The van der Waals surface area contributed by atoms with Crippen LogP contribution in [0.1, 0.15) is 20.0 Å². The van der Waals surface area contributed by atoms with E-state index in [-0.39, 0.29) is 24.2 Å². The molecule has 9 heteroatoms. The van der Waals surface area contributed by atoms with Gasteiger partial charge >= 0.3 is 0 Å². The van der Waals surface area contributed by atoms with Crippen molar-refractivity contribution in [2.24, 2.45) is 0 Å². The van der Waals surface area contributed by atoms with Crippen molar-refractivity contribution in [3.63, 3.8) is 0 Å². The van der Waals surface area contributed by atoms with Crippen LogP contribution in [0.25, 0.3) is 0 Å². The van der Waals surface area contributed by atoms with Gasteiger partial charge in [0.15, 0.2) is 0 Å². The Balaban J connectivity index is 0.00000243. The van der Waals surface area contributed by atoms with E-state index in [1.165, 1.54) is 24.5 Å². The lowest BCUT2D eigenvalue weighted by atomic mass is 10.1. The van der Waals surface area contributed by atoms with Crippen molar-refractivity contribution in [2.75, 3.05) is 39.0 Å². The second-order valence-corrected chi connectivity index (χ2v) is 6.99. The highest BCUT2D eigenvalue weighted by molar-refractivity contribution is 7.12. The van der Waals surface area contributed by atoms with Crippen LogP contribution in [0.4, 0.5) is 5.69 Å². The fourth-order valence-electron chi connectivity index (χ4n) is 2.74. The number of carbonyl (C=O) groups excluding carboxylic acids is 2. The molecule has 0 unspecified atom stereocenters. The van der Waals surface area contributed by atoms with E-state index in [1.807, 2.05) is 17.5 Å². The number of ether oxygens (including phenoxy) is 1. The van der Waals surface area contributed by atoms with Gasteiger partial charge in [-0.3, -0.25) is 9.59 Å². The van der Waals surface area contributed by atoms with Crippen LogP contribution < -0.4 is 10.5 Å². The van der Waals surface area contributed by atoms with E-state index in [0.717, 1.165) is 0 Å². The van der Waals surface area contributed by atoms with Gasteiger partial charge in [0.1, 0.15) is 5.75 Å². The molecule has 0 radical (unpaired) electrons. The topological polar surface area (TPSA) is 75.9 Å². The fourth-order valence-corrected chi connectivity index (χ4v) is 3.60. The number of methoxy groups -OCH3 is 1. The molecule has 0 saturated carbocycles. The average Bonchev–Trinajstić information content (AvgIpc) is 3.17. The minimum Gasteiger partial charge on any atom is -0.496 e. The molecule has 1 aliphatic heterocycles. The second kappa shape index (κ2) is 8.62. The Morgan fingerprint density at radius 3 is 2.31 bits per heavy atom. The molecule has 140 valence electrons. The highest BCUT2D eigenvalue weighted by atomic mass is 35.5. The van der Waals surface area contributed by atoms with Crippen LogP contribution in [-0.4, -0.2) is 54.9 Å². The molecule has 0 bridgehead atoms. The highest BCUT2D eigenvalue weighted by Gasteiger charge is 2.27. The summed E-state index contributed by atoms with van der Waals surface area (Å²) in [5.74, 6) is 0.223. The summed E-state index contributed by atoms with van der Waals surface area (Å²) in [6, 6.07) is 6.74. The second-order valence-electron chi connectivity index (χ2n) is 5.64. The van der Waals surface area contributed by atoms with Crippen molar-refractivity contribution in [1.82, 2.24) is 9.80 Å². The van der Waals surface area contributed by atoms with Crippen LogP contribution in [0.5, 0.6) is 5.75 Å². The monoisotopic (exact) mass is 415 g/mol. The van der Waals surface area contributed by atoms with Gasteiger partial charge in [0, 0.05) is 32.2 Å². The molecule has 26 heavy (non-hydrogen) atoms. The number of nitrogens with zero attached hydrogens (tertiary/aromatic N) is 2. The van der Waals surface area contributed by atoms with E-state index in [0.29, 0.717) is 53.1 Å². The van der Waals surface area contributed by atoms with Crippen LogP contribution in [0.2, 0.25) is 5.02 Å². The number of rotatable bonds is 3. The van der Waals surface area contributed by atoms with Gasteiger partial charge in [0.25, 0.3) is 11.8 Å². The SMILES string of the molecule is COc1cc(N)c(Cl)cc1C(=O)N1CCN(C(=O)c2cccs2)CC1.Cl. The number of hydrogen-bond donors (Lipinski definition) is 1. The largest absolute Gasteiger partial charge is 0.496 e. The lowest BCUT2D eigenvalue weighted by molar-refractivity contribution is 0.0536. The van der Waals surface area contributed by atoms with E-state index >= 15 is 0 Å². The van der Waals surface area contributed by atoms with E-state index in [2.05, 4.69) is 0 Å². The number of thiophene rings is 1. The van der Waals surface area contributed by atoms with Gasteiger partial charge < -0.3 is 20.3 Å². The number of carbonyl (C=O) groups is 2. The molecule has 3 rings (SSSR count). The molecule has 2 heterocycles. The molecule has 0 spiro atoms. The Morgan fingerprint density at radius 1 is 1.15 bits per heavy atom. The Morgan fingerprint density at radius 2 is 1.77 bits per heavy atom. The number of nitrogen functional groups attached to an aromatic ring is 1. The van der Waals surface area contributed by atoms with Crippen molar-refractivity contribution in [1.29, 1.82) is 0 Å². The standard InChI is InChI=1S/C17H18ClN3O3S.ClH/c1-24-14-10-13(19)12(18)9-11(14)16(22)20-4-6-21(7-5-20)17(23)15-3-2-8-25-15;/h2-3,8-10H,4-7,19H2,1H3;1H. The normalized spacial score (nSPS) is 13.9. The van der Waals surface area contributed by atoms with Crippen LogP contribution >= 0.6 is 35.3 Å². The number of benzene rings is 1. The van der Waals surface area contributed by atoms with E-state index < -0.39 is 0 Å². The third kappa shape index (κ3) is 4.06. The molecule has 1 fully saturated rings. The summed E-state index contributed by atoms with van der Waals surface area (Å²) in [4.78, 5) is 29.3. The van der Waals surface area contributed by atoms with E-state index in [9.17, 15) is 9.59 Å². The summed E-state index contributed by atoms with van der Waals surface area (Å²) < 4.78 is 5.25.